The van der Waals surface area contributed by atoms with E-state index in [4.69, 9.17) is 5.26 Å². The van der Waals surface area contributed by atoms with E-state index in [1.807, 2.05) is 15.9 Å². The third kappa shape index (κ3) is 3.58. The lowest BCUT2D eigenvalue weighted by molar-refractivity contribution is -0.129. The lowest BCUT2D eigenvalue weighted by Crippen LogP contribution is -2.67. The molecule has 0 saturated carbocycles. The van der Waals surface area contributed by atoms with E-state index in [1.54, 1.807) is 0 Å². The van der Waals surface area contributed by atoms with E-state index in [-0.39, 0.29) is 12.3 Å². The van der Waals surface area contributed by atoms with Gasteiger partial charge in [0.2, 0.25) is 11.9 Å². The molecule has 0 radical (unpaired) electrons. The first-order chi connectivity index (χ1) is 11.6. The number of anilines is 1. The highest BCUT2D eigenvalue weighted by molar-refractivity contribution is 5.77. The standard InChI is InChI=1S/C14H17F2N7O/c15-12(16)10-7-11(24)21-14(20-10)23-5-3-22(4-6-23)13-18-2-1-9(8-17)19-13/h1-2,10,12,14,20H,3-7H2,(H,21,24). The van der Waals surface area contributed by atoms with Crippen molar-refractivity contribution in [2.75, 3.05) is 31.1 Å². The van der Waals surface area contributed by atoms with Crippen molar-refractivity contribution in [3.05, 3.63) is 18.0 Å². The van der Waals surface area contributed by atoms with Gasteiger partial charge in [-0.3, -0.25) is 15.0 Å². The molecule has 1 amide bonds. The van der Waals surface area contributed by atoms with Crippen LogP contribution in [0.5, 0.6) is 0 Å². The van der Waals surface area contributed by atoms with Crippen LogP contribution in [0.15, 0.2) is 12.3 Å². The smallest absolute Gasteiger partial charge is 0.254 e. The Hall–Kier alpha value is -2.38. The summed E-state index contributed by atoms with van der Waals surface area (Å²) in [6, 6.07) is 2.38. The molecular weight excluding hydrogens is 320 g/mol. The molecule has 1 aromatic heterocycles. The first-order valence-electron chi connectivity index (χ1n) is 7.62. The second-order valence-corrected chi connectivity index (χ2v) is 5.66. The summed E-state index contributed by atoms with van der Waals surface area (Å²) in [4.78, 5) is 23.7. The van der Waals surface area contributed by atoms with Gasteiger partial charge in [-0.25, -0.2) is 18.7 Å². The predicted octanol–water partition coefficient (Wildman–Crippen LogP) is -0.503. The number of aromatic nitrogens is 2. The Bertz CT molecular complexity index is 642. The molecule has 0 spiro atoms. The van der Waals surface area contributed by atoms with Crippen molar-refractivity contribution in [1.82, 2.24) is 25.5 Å². The molecule has 0 bridgehead atoms. The molecule has 2 N–H and O–H groups in total. The Morgan fingerprint density at radius 1 is 1.33 bits per heavy atom. The van der Waals surface area contributed by atoms with Crippen LogP contribution in [0.1, 0.15) is 12.1 Å². The zero-order chi connectivity index (χ0) is 17.1. The number of halogens is 2. The molecule has 3 heterocycles. The third-order valence-corrected chi connectivity index (χ3v) is 4.10. The summed E-state index contributed by atoms with van der Waals surface area (Å²) in [5.74, 6) is 0.0938. The first-order valence-corrected chi connectivity index (χ1v) is 7.62. The van der Waals surface area contributed by atoms with Gasteiger partial charge in [0, 0.05) is 38.8 Å². The Kier molecular flexibility index (Phi) is 4.82. The fraction of sp³-hybridized carbons (Fsp3) is 0.571. The molecule has 2 unspecified atom stereocenters. The fourth-order valence-electron chi connectivity index (χ4n) is 2.82. The average molecular weight is 337 g/mol. The van der Waals surface area contributed by atoms with Crippen LogP contribution in [-0.2, 0) is 4.79 Å². The number of carbonyl (C=O) groups excluding carboxylic acids is 1. The number of amides is 1. The van der Waals surface area contributed by atoms with E-state index in [1.165, 1.54) is 12.3 Å². The second-order valence-electron chi connectivity index (χ2n) is 5.66. The molecule has 0 aromatic carbocycles. The molecule has 3 rings (SSSR count). The molecule has 1 aromatic rings. The third-order valence-electron chi connectivity index (χ3n) is 4.10. The average Bonchev–Trinajstić information content (AvgIpc) is 2.61. The minimum absolute atomic E-state index is 0.219. The lowest BCUT2D eigenvalue weighted by Gasteiger charge is -2.42. The molecule has 2 fully saturated rings. The quantitative estimate of drug-likeness (QED) is 0.767. The number of nitriles is 1. The monoisotopic (exact) mass is 337 g/mol. The topological polar surface area (TPSA) is 97.2 Å². The molecule has 24 heavy (non-hydrogen) atoms. The maximum atomic E-state index is 12.9. The van der Waals surface area contributed by atoms with Gasteiger partial charge in [0.05, 0.1) is 6.04 Å². The lowest BCUT2D eigenvalue weighted by atomic mass is 10.1. The van der Waals surface area contributed by atoms with Gasteiger partial charge >= 0.3 is 0 Å². The van der Waals surface area contributed by atoms with Gasteiger partial charge in [-0.2, -0.15) is 5.26 Å². The van der Waals surface area contributed by atoms with Crippen LogP contribution in [0.2, 0.25) is 0 Å². The maximum Gasteiger partial charge on any atom is 0.254 e. The van der Waals surface area contributed by atoms with Crippen LogP contribution in [0.3, 0.4) is 0 Å². The van der Waals surface area contributed by atoms with E-state index < -0.39 is 18.8 Å². The van der Waals surface area contributed by atoms with E-state index in [0.29, 0.717) is 37.8 Å². The Labute approximate surface area is 137 Å². The van der Waals surface area contributed by atoms with Crippen molar-refractivity contribution in [2.45, 2.75) is 25.2 Å². The summed E-state index contributed by atoms with van der Waals surface area (Å²) in [5.41, 5.74) is 0.295. The molecule has 10 heteroatoms. The number of nitrogens with one attached hydrogen (secondary N) is 2. The SMILES string of the molecule is N#Cc1ccnc(N2CCN(C3NC(=O)CC(C(F)F)N3)CC2)n1. The van der Waals surface area contributed by atoms with E-state index in [2.05, 4.69) is 20.6 Å². The number of piperazine rings is 1. The largest absolute Gasteiger partial charge is 0.338 e. The highest BCUT2D eigenvalue weighted by Crippen LogP contribution is 2.15. The summed E-state index contributed by atoms with van der Waals surface area (Å²) in [5, 5.41) is 14.4. The van der Waals surface area contributed by atoms with Gasteiger partial charge in [-0.1, -0.05) is 0 Å². The summed E-state index contributed by atoms with van der Waals surface area (Å²) in [6.45, 7) is 2.24. The number of carbonyl (C=O) groups is 1. The zero-order valence-electron chi connectivity index (χ0n) is 12.8. The van der Waals surface area contributed by atoms with E-state index in [9.17, 15) is 13.6 Å². The van der Waals surface area contributed by atoms with Gasteiger partial charge in [-0.15, -0.1) is 0 Å². The van der Waals surface area contributed by atoms with Gasteiger partial charge in [0.25, 0.3) is 6.43 Å². The molecule has 2 atom stereocenters. The van der Waals surface area contributed by atoms with Gasteiger partial charge < -0.3 is 10.2 Å². The van der Waals surface area contributed by atoms with Crippen LogP contribution >= 0.6 is 0 Å². The first kappa shape index (κ1) is 16.5. The van der Waals surface area contributed by atoms with E-state index >= 15 is 0 Å². The summed E-state index contributed by atoms with van der Waals surface area (Å²) in [6.07, 6.45) is -1.87. The molecule has 2 aliphatic heterocycles. The van der Waals surface area contributed by atoms with Gasteiger partial charge in [0.15, 0.2) is 0 Å². The minimum Gasteiger partial charge on any atom is -0.338 e. The number of hydrogen-bond acceptors (Lipinski definition) is 7. The van der Waals surface area contributed by atoms with E-state index in [0.717, 1.165) is 0 Å². The molecule has 8 nitrogen and oxygen atoms in total. The van der Waals surface area contributed by atoms with Crippen molar-refractivity contribution in [3.8, 4) is 6.07 Å². The Morgan fingerprint density at radius 3 is 2.75 bits per heavy atom. The summed E-state index contributed by atoms with van der Waals surface area (Å²) >= 11 is 0. The zero-order valence-corrected chi connectivity index (χ0v) is 12.8. The Morgan fingerprint density at radius 2 is 2.08 bits per heavy atom. The minimum atomic E-state index is -2.58. The molecule has 128 valence electrons. The number of hydrogen-bond donors (Lipinski definition) is 2. The molecular formula is C14H17F2N7O. The summed E-state index contributed by atoms with van der Waals surface area (Å²) in [7, 11) is 0. The van der Waals surface area contributed by atoms with Crippen LogP contribution in [0, 0.1) is 11.3 Å². The van der Waals surface area contributed by atoms with Crippen LogP contribution in [0.4, 0.5) is 14.7 Å². The second kappa shape index (κ2) is 7.02. The Balaban J connectivity index is 1.60. The van der Waals surface area contributed by atoms with Crippen molar-refractivity contribution in [1.29, 1.82) is 5.26 Å². The van der Waals surface area contributed by atoms with Crippen molar-refractivity contribution >= 4 is 11.9 Å². The normalized spacial score (nSPS) is 25.4. The number of nitrogens with zero attached hydrogens (tertiary/aromatic N) is 5. The van der Waals surface area contributed by atoms with Crippen molar-refractivity contribution in [2.24, 2.45) is 0 Å². The van der Waals surface area contributed by atoms with Gasteiger partial charge in [0.1, 0.15) is 18.1 Å². The number of rotatable bonds is 3. The maximum absolute atomic E-state index is 12.9. The predicted molar refractivity (Wildman–Crippen MR) is 80.0 cm³/mol. The molecule has 2 saturated heterocycles. The number of alkyl halides is 2. The van der Waals surface area contributed by atoms with Crippen molar-refractivity contribution in [3.63, 3.8) is 0 Å². The highest BCUT2D eigenvalue weighted by Gasteiger charge is 2.35. The van der Waals surface area contributed by atoms with Crippen molar-refractivity contribution < 1.29 is 13.6 Å². The highest BCUT2D eigenvalue weighted by atomic mass is 19.3. The molecule has 2 aliphatic rings. The summed E-state index contributed by atoms with van der Waals surface area (Å²) < 4.78 is 25.8. The molecule has 0 aliphatic carbocycles. The van der Waals surface area contributed by atoms with Crippen LogP contribution < -0.4 is 15.5 Å². The van der Waals surface area contributed by atoms with Gasteiger partial charge in [-0.05, 0) is 6.07 Å². The van der Waals surface area contributed by atoms with Crippen LogP contribution in [-0.4, -0.2) is 65.7 Å². The van der Waals surface area contributed by atoms with Crippen LogP contribution in [0.25, 0.3) is 0 Å². The fourth-order valence-corrected chi connectivity index (χ4v) is 2.82.